The molecule has 0 heterocycles. The van der Waals surface area contributed by atoms with Gasteiger partial charge in [0.25, 0.3) is 0 Å². The Balaban J connectivity index is 0. The quantitative estimate of drug-likeness (QED) is 0.634. The molecule has 0 aliphatic heterocycles. The average molecular weight is 168 g/mol. The molecule has 0 aromatic carbocycles. The molecule has 70 valence electrons. The standard InChI is InChI=1S/C8H14N2.C2H6/c1-4-6-7(9)8(5-2)10-3;1-2/h4-6,10H,2,9H2,1,3H3;1-2H3/b6-4-,8-7-;. The van der Waals surface area contributed by atoms with Crippen LogP contribution < -0.4 is 11.1 Å². The largest absolute Gasteiger partial charge is 0.397 e. The van der Waals surface area contributed by atoms with Gasteiger partial charge in [-0.3, -0.25) is 0 Å². The van der Waals surface area contributed by atoms with Crippen LogP contribution >= 0.6 is 0 Å². The molecular formula is C10H20N2. The number of hydrogen-bond donors (Lipinski definition) is 2. The minimum absolute atomic E-state index is 0.708. The van der Waals surface area contributed by atoms with Crippen LogP contribution in [0.25, 0.3) is 0 Å². The summed E-state index contributed by atoms with van der Waals surface area (Å²) in [5.41, 5.74) is 7.18. The van der Waals surface area contributed by atoms with E-state index >= 15 is 0 Å². The van der Waals surface area contributed by atoms with E-state index in [-0.39, 0.29) is 0 Å². The lowest BCUT2D eigenvalue weighted by molar-refractivity contribution is 1.01. The zero-order valence-electron chi connectivity index (χ0n) is 8.52. The van der Waals surface area contributed by atoms with Crippen LogP contribution in [0.5, 0.6) is 0 Å². The fraction of sp³-hybridized carbons (Fsp3) is 0.400. The van der Waals surface area contributed by atoms with Gasteiger partial charge in [0.1, 0.15) is 0 Å². The number of nitrogens with two attached hydrogens (primary N) is 1. The van der Waals surface area contributed by atoms with Gasteiger partial charge in [0.2, 0.25) is 0 Å². The summed E-state index contributed by atoms with van der Waals surface area (Å²) in [4.78, 5) is 0. The van der Waals surface area contributed by atoms with E-state index in [0.717, 1.165) is 5.70 Å². The Labute approximate surface area is 75.9 Å². The Morgan fingerprint density at radius 2 is 1.92 bits per heavy atom. The lowest BCUT2D eigenvalue weighted by atomic mass is 10.3. The highest BCUT2D eigenvalue weighted by atomic mass is 14.8. The maximum atomic E-state index is 5.61. The fourth-order valence-corrected chi connectivity index (χ4v) is 0.634. The van der Waals surface area contributed by atoms with Crippen LogP contribution in [0, 0.1) is 0 Å². The summed E-state index contributed by atoms with van der Waals surface area (Å²) in [7, 11) is 1.81. The third-order valence-corrected chi connectivity index (χ3v) is 1.13. The Kier molecular flexibility index (Phi) is 11.0. The van der Waals surface area contributed by atoms with E-state index in [4.69, 9.17) is 5.73 Å². The molecule has 2 nitrogen and oxygen atoms in total. The lowest BCUT2D eigenvalue weighted by Crippen LogP contribution is -2.10. The lowest BCUT2D eigenvalue weighted by Gasteiger charge is -2.01. The van der Waals surface area contributed by atoms with Crippen LogP contribution in [0.4, 0.5) is 0 Å². The molecule has 0 atom stereocenters. The Morgan fingerprint density at radius 1 is 1.42 bits per heavy atom. The van der Waals surface area contributed by atoms with Gasteiger partial charge in [0.05, 0.1) is 11.4 Å². The second kappa shape index (κ2) is 9.82. The van der Waals surface area contributed by atoms with Gasteiger partial charge >= 0.3 is 0 Å². The van der Waals surface area contributed by atoms with Gasteiger partial charge in [0, 0.05) is 7.05 Å². The van der Waals surface area contributed by atoms with Crippen molar-refractivity contribution in [1.82, 2.24) is 5.32 Å². The van der Waals surface area contributed by atoms with E-state index in [9.17, 15) is 0 Å². The molecule has 3 N–H and O–H groups in total. The van der Waals surface area contributed by atoms with Crippen molar-refractivity contribution in [1.29, 1.82) is 0 Å². The van der Waals surface area contributed by atoms with Gasteiger partial charge < -0.3 is 11.1 Å². The van der Waals surface area contributed by atoms with E-state index < -0.39 is 0 Å². The third kappa shape index (κ3) is 5.59. The maximum absolute atomic E-state index is 5.61. The van der Waals surface area contributed by atoms with E-state index in [1.807, 2.05) is 40.0 Å². The van der Waals surface area contributed by atoms with Gasteiger partial charge in [-0.25, -0.2) is 0 Å². The van der Waals surface area contributed by atoms with Crippen LogP contribution in [-0.4, -0.2) is 7.05 Å². The van der Waals surface area contributed by atoms with Crippen LogP contribution in [0.2, 0.25) is 0 Å². The molecule has 0 saturated carbocycles. The molecule has 0 aliphatic rings. The highest BCUT2D eigenvalue weighted by Crippen LogP contribution is 1.95. The predicted molar refractivity (Wildman–Crippen MR) is 56.6 cm³/mol. The summed E-state index contributed by atoms with van der Waals surface area (Å²) in [5.74, 6) is 0. The molecule has 0 rings (SSSR count). The molecule has 0 amide bonds. The number of rotatable bonds is 3. The summed E-state index contributed by atoms with van der Waals surface area (Å²) < 4.78 is 0. The highest BCUT2D eigenvalue weighted by Gasteiger charge is 1.89. The predicted octanol–water partition coefficient (Wildman–Crippen LogP) is 2.16. The Hall–Kier alpha value is -1.18. The third-order valence-electron chi connectivity index (χ3n) is 1.13. The second-order valence-corrected chi connectivity index (χ2v) is 1.82. The summed E-state index contributed by atoms with van der Waals surface area (Å²) in [6.45, 7) is 9.52. The van der Waals surface area contributed by atoms with Gasteiger partial charge in [0.15, 0.2) is 0 Å². The van der Waals surface area contributed by atoms with Crippen LogP contribution in [-0.2, 0) is 0 Å². The smallest absolute Gasteiger partial charge is 0.0565 e. The van der Waals surface area contributed by atoms with E-state index in [1.54, 1.807) is 6.08 Å². The highest BCUT2D eigenvalue weighted by molar-refractivity contribution is 5.27. The van der Waals surface area contributed by atoms with Crippen molar-refractivity contribution < 1.29 is 0 Å². The van der Waals surface area contributed by atoms with Gasteiger partial charge in [-0.1, -0.05) is 26.5 Å². The molecular weight excluding hydrogens is 148 g/mol. The van der Waals surface area contributed by atoms with Crippen LogP contribution in [0.3, 0.4) is 0 Å². The molecule has 0 saturated heterocycles. The summed E-state index contributed by atoms with van der Waals surface area (Å²) >= 11 is 0. The number of likely N-dealkylation sites (N-methyl/N-ethyl adjacent to an activating group) is 1. The van der Waals surface area contributed by atoms with Crippen molar-refractivity contribution in [3.63, 3.8) is 0 Å². The van der Waals surface area contributed by atoms with Gasteiger partial charge in [-0.2, -0.15) is 0 Å². The first-order chi connectivity index (χ1) is 5.76. The number of nitrogens with one attached hydrogen (secondary N) is 1. The molecule has 0 bridgehead atoms. The Morgan fingerprint density at radius 3 is 2.17 bits per heavy atom. The minimum Gasteiger partial charge on any atom is -0.397 e. The van der Waals surface area contributed by atoms with Crippen molar-refractivity contribution in [2.75, 3.05) is 7.05 Å². The van der Waals surface area contributed by atoms with E-state index in [1.165, 1.54) is 0 Å². The Bertz CT molecular complexity index is 167. The van der Waals surface area contributed by atoms with Gasteiger partial charge in [-0.15, -0.1) is 0 Å². The average Bonchev–Trinajstić information content (AvgIpc) is 2.11. The molecule has 0 aromatic rings. The summed E-state index contributed by atoms with van der Waals surface area (Å²) in [6, 6.07) is 0. The normalized spacial score (nSPS) is 11.3. The molecule has 0 fully saturated rings. The first kappa shape index (κ1) is 13.4. The first-order valence-electron chi connectivity index (χ1n) is 4.18. The molecule has 0 aliphatic carbocycles. The van der Waals surface area contributed by atoms with Crippen molar-refractivity contribution in [2.45, 2.75) is 20.8 Å². The minimum atomic E-state index is 0.708. The van der Waals surface area contributed by atoms with Crippen molar-refractivity contribution in [3.05, 3.63) is 36.2 Å². The molecule has 0 aromatic heterocycles. The molecule has 0 spiro atoms. The topological polar surface area (TPSA) is 38.0 Å². The summed E-state index contributed by atoms with van der Waals surface area (Å²) in [5, 5.41) is 2.92. The number of allylic oxidation sites excluding steroid dienone is 3. The molecule has 12 heavy (non-hydrogen) atoms. The van der Waals surface area contributed by atoms with Crippen LogP contribution in [0.15, 0.2) is 36.2 Å². The van der Waals surface area contributed by atoms with Gasteiger partial charge in [-0.05, 0) is 19.1 Å². The van der Waals surface area contributed by atoms with Crippen molar-refractivity contribution >= 4 is 0 Å². The molecule has 0 unspecified atom stereocenters. The van der Waals surface area contributed by atoms with Crippen molar-refractivity contribution in [3.8, 4) is 0 Å². The van der Waals surface area contributed by atoms with E-state index in [2.05, 4.69) is 11.9 Å². The SMILES string of the molecule is C=C/C(NC)=C(N)\C=C/C.CC. The fourth-order valence-electron chi connectivity index (χ4n) is 0.634. The molecule has 2 heteroatoms. The second-order valence-electron chi connectivity index (χ2n) is 1.82. The first-order valence-corrected chi connectivity index (χ1v) is 4.18. The van der Waals surface area contributed by atoms with Crippen molar-refractivity contribution in [2.24, 2.45) is 5.73 Å². The zero-order chi connectivity index (χ0) is 9.98. The van der Waals surface area contributed by atoms with Crippen LogP contribution in [0.1, 0.15) is 20.8 Å². The summed E-state index contributed by atoms with van der Waals surface area (Å²) in [6.07, 6.45) is 5.40. The number of hydrogen-bond acceptors (Lipinski definition) is 2. The maximum Gasteiger partial charge on any atom is 0.0565 e. The monoisotopic (exact) mass is 168 g/mol. The van der Waals surface area contributed by atoms with E-state index in [0.29, 0.717) is 5.70 Å². The molecule has 0 radical (unpaired) electrons. The zero-order valence-corrected chi connectivity index (χ0v) is 8.52.